The van der Waals surface area contributed by atoms with E-state index < -0.39 is 0 Å². The standard InChI is InChI=1S/C12H22N4O/c1-10(2)6-16-12(13-9-14-16)7-15-5-3-4-11(15)8-17/h9-11,17H,3-8H2,1-2H3/t11-/m1/s1. The van der Waals surface area contributed by atoms with Crippen molar-refractivity contribution >= 4 is 0 Å². The van der Waals surface area contributed by atoms with Gasteiger partial charge in [-0.25, -0.2) is 9.67 Å². The third kappa shape index (κ3) is 3.04. The van der Waals surface area contributed by atoms with Gasteiger partial charge in [-0.05, 0) is 25.3 Å². The Bertz CT molecular complexity index is 350. The highest BCUT2D eigenvalue weighted by Crippen LogP contribution is 2.18. The minimum atomic E-state index is 0.248. The summed E-state index contributed by atoms with van der Waals surface area (Å²) in [5, 5.41) is 13.6. The van der Waals surface area contributed by atoms with E-state index >= 15 is 0 Å². The van der Waals surface area contributed by atoms with E-state index in [1.54, 1.807) is 6.33 Å². The first kappa shape index (κ1) is 12.5. The first-order valence-electron chi connectivity index (χ1n) is 6.42. The minimum Gasteiger partial charge on any atom is -0.395 e. The van der Waals surface area contributed by atoms with Crippen molar-refractivity contribution in [3.8, 4) is 0 Å². The van der Waals surface area contributed by atoms with Crippen LogP contribution in [0.15, 0.2) is 6.33 Å². The molecule has 1 saturated heterocycles. The summed E-state index contributed by atoms with van der Waals surface area (Å²) in [4.78, 5) is 6.64. The Hall–Kier alpha value is -0.940. The van der Waals surface area contributed by atoms with Crippen molar-refractivity contribution < 1.29 is 5.11 Å². The van der Waals surface area contributed by atoms with Crippen molar-refractivity contribution in [2.45, 2.75) is 45.8 Å². The number of aliphatic hydroxyl groups is 1. The molecule has 0 spiro atoms. The number of likely N-dealkylation sites (tertiary alicyclic amines) is 1. The summed E-state index contributed by atoms with van der Waals surface area (Å²) in [6.07, 6.45) is 3.89. The van der Waals surface area contributed by atoms with Gasteiger partial charge in [-0.15, -0.1) is 0 Å². The number of aromatic nitrogens is 3. The van der Waals surface area contributed by atoms with E-state index in [1.165, 1.54) is 6.42 Å². The number of hydrogen-bond donors (Lipinski definition) is 1. The molecule has 1 aliphatic heterocycles. The number of rotatable bonds is 5. The molecule has 5 nitrogen and oxygen atoms in total. The summed E-state index contributed by atoms with van der Waals surface area (Å²) in [5.41, 5.74) is 0. The lowest BCUT2D eigenvalue weighted by Crippen LogP contribution is -2.33. The van der Waals surface area contributed by atoms with Crippen LogP contribution in [0.1, 0.15) is 32.5 Å². The molecule has 0 aromatic carbocycles. The van der Waals surface area contributed by atoms with Gasteiger partial charge in [0.05, 0.1) is 13.2 Å². The maximum absolute atomic E-state index is 9.30. The Morgan fingerprint density at radius 2 is 2.35 bits per heavy atom. The predicted molar refractivity (Wildman–Crippen MR) is 65.4 cm³/mol. The zero-order valence-corrected chi connectivity index (χ0v) is 10.7. The van der Waals surface area contributed by atoms with Crippen molar-refractivity contribution in [3.05, 3.63) is 12.2 Å². The molecule has 0 aliphatic carbocycles. The monoisotopic (exact) mass is 238 g/mol. The van der Waals surface area contributed by atoms with Gasteiger partial charge in [0.25, 0.3) is 0 Å². The second-order valence-electron chi connectivity index (χ2n) is 5.20. The van der Waals surface area contributed by atoms with Crippen LogP contribution in [0.3, 0.4) is 0 Å². The minimum absolute atomic E-state index is 0.248. The lowest BCUT2D eigenvalue weighted by molar-refractivity contribution is 0.149. The third-order valence-corrected chi connectivity index (χ3v) is 3.29. The van der Waals surface area contributed by atoms with Gasteiger partial charge in [-0.3, -0.25) is 4.90 Å². The fourth-order valence-electron chi connectivity index (χ4n) is 2.40. The van der Waals surface area contributed by atoms with E-state index in [9.17, 15) is 5.11 Å². The molecule has 0 bridgehead atoms. The lowest BCUT2D eigenvalue weighted by Gasteiger charge is -2.22. The molecule has 1 aliphatic rings. The van der Waals surface area contributed by atoms with Crippen LogP contribution in [0.4, 0.5) is 0 Å². The summed E-state index contributed by atoms with van der Waals surface area (Å²) < 4.78 is 1.98. The molecule has 0 amide bonds. The summed E-state index contributed by atoms with van der Waals surface area (Å²) in [5.74, 6) is 1.58. The van der Waals surface area contributed by atoms with E-state index in [0.717, 1.165) is 31.9 Å². The van der Waals surface area contributed by atoms with Crippen LogP contribution < -0.4 is 0 Å². The van der Waals surface area contributed by atoms with E-state index in [-0.39, 0.29) is 6.61 Å². The van der Waals surface area contributed by atoms with Crippen molar-refractivity contribution in [2.24, 2.45) is 5.92 Å². The van der Waals surface area contributed by atoms with Gasteiger partial charge in [-0.2, -0.15) is 5.10 Å². The third-order valence-electron chi connectivity index (χ3n) is 3.29. The number of hydrogen-bond acceptors (Lipinski definition) is 4. The van der Waals surface area contributed by atoms with E-state index in [1.807, 2.05) is 4.68 Å². The van der Waals surface area contributed by atoms with Crippen LogP contribution in [0, 0.1) is 5.92 Å². The maximum atomic E-state index is 9.30. The first-order chi connectivity index (χ1) is 8.20. The number of aliphatic hydroxyl groups excluding tert-OH is 1. The van der Waals surface area contributed by atoms with Crippen LogP contribution >= 0.6 is 0 Å². The normalized spacial score (nSPS) is 21.5. The fraction of sp³-hybridized carbons (Fsp3) is 0.833. The largest absolute Gasteiger partial charge is 0.395 e. The van der Waals surface area contributed by atoms with Crippen LogP contribution in [-0.2, 0) is 13.1 Å². The second-order valence-corrected chi connectivity index (χ2v) is 5.20. The summed E-state index contributed by atoms with van der Waals surface area (Å²) in [7, 11) is 0. The molecular weight excluding hydrogens is 216 g/mol. The summed E-state index contributed by atoms with van der Waals surface area (Å²) >= 11 is 0. The highest BCUT2D eigenvalue weighted by atomic mass is 16.3. The summed E-state index contributed by atoms with van der Waals surface area (Å²) in [6.45, 7) is 7.37. The summed E-state index contributed by atoms with van der Waals surface area (Å²) in [6, 6.07) is 0.305. The SMILES string of the molecule is CC(C)Cn1ncnc1CN1CCC[C@@H]1CO. The van der Waals surface area contributed by atoms with E-state index in [0.29, 0.717) is 12.0 Å². The van der Waals surface area contributed by atoms with Gasteiger partial charge in [0, 0.05) is 12.6 Å². The van der Waals surface area contributed by atoms with Gasteiger partial charge in [-0.1, -0.05) is 13.8 Å². The van der Waals surface area contributed by atoms with Gasteiger partial charge >= 0.3 is 0 Å². The maximum Gasteiger partial charge on any atom is 0.141 e. The molecule has 1 atom stereocenters. The van der Waals surface area contributed by atoms with Crippen molar-refractivity contribution in [1.82, 2.24) is 19.7 Å². The Balaban J connectivity index is 2.00. The van der Waals surface area contributed by atoms with E-state index in [4.69, 9.17) is 0 Å². The van der Waals surface area contributed by atoms with Crippen LogP contribution in [0.5, 0.6) is 0 Å². The molecule has 1 fully saturated rings. The molecule has 1 aromatic heterocycles. The Morgan fingerprint density at radius 1 is 1.53 bits per heavy atom. The molecule has 0 saturated carbocycles. The van der Waals surface area contributed by atoms with Gasteiger partial charge < -0.3 is 5.11 Å². The fourth-order valence-corrected chi connectivity index (χ4v) is 2.40. The smallest absolute Gasteiger partial charge is 0.141 e. The number of nitrogens with zero attached hydrogens (tertiary/aromatic N) is 4. The molecule has 5 heteroatoms. The van der Waals surface area contributed by atoms with Gasteiger partial charge in [0.2, 0.25) is 0 Å². The Labute approximate surface area is 102 Å². The Kier molecular flexibility index (Phi) is 4.12. The Morgan fingerprint density at radius 3 is 3.06 bits per heavy atom. The van der Waals surface area contributed by atoms with Gasteiger partial charge in [0.1, 0.15) is 12.2 Å². The van der Waals surface area contributed by atoms with E-state index in [2.05, 4.69) is 28.8 Å². The molecule has 17 heavy (non-hydrogen) atoms. The molecule has 96 valence electrons. The molecule has 2 rings (SSSR count). The molecular formula is C12H22N4O. The van der Waals surface area contributed by atoms with Crippen LogP contribution in [0.2, 0.25) is 0 Å². The van der Waals surface area contributed by atoms with Crippen molar-refractivity contribution in [1.29, 1.82) is 0 Å². The lowest BCUT2D eigenvalue weighted by atomic mass is 10.2. The molecule has 2 heterocycles. The topological polar surface area (TPSA) is 54.2 Å². The predicted octanol–water partition coefficient (Wildman–Crippen LogP) is 0.891. The van der Waals surface area contributed by atoms with Crippen molar-refractivity contribution in [3.63, 3.8) is 0 Å². The van der Waals surface area contributed by atoms with Crippen LogP contribution in [-0.4, -0.2) is 44.0 Å². The zero-order chi connectivity index (χ0) is 12.3. The van der Waals surface area contributed by atoms with Crippen LogP contribution in [0.25, 0.3) is 0 Å². The second kappa shape index (κ2) is 5.60. The first-order valence-corrected chi connectivity index (χ1v) is 6.42. The molecule has 1 aromatic rings. The molecule has 0 unspecified atom stereocenters. The van der Waals surface area contributed by atoms with Gasteiger partial charge in [0.15, 0.2) is 0 Å². The average Bonchev–Trinajstić information content (AvgIpc) is 2.88. The highest BCUT2D eigenvalue weighted by Gasteiger charge is 2.25. The van der Waals surface area contributed by atoms with Crippen molar-refractivity contribution in [2.75, 3.05) is 13.2 Å². The highest BCUT2D eigenvalue weighted by molar-refractivity contribution is 4.89. The average molecular weight is 238 g/mol. The molecule has 0 radical (unpaired) electrons. The zero-order valence-electron chi connectivity index (χ0n) is 10.7. The molecule has 1 N–H and O–H groups in total. The quantitative estimate of drug-likeness (QED) is 0.828.